The average Bonchev–Trinajstić information content (AvgIpc) is 2.64. The van der Waals surface area contributed by atoms with Crippen LogP contribution in [0.1, 0.15) is 29.4 Å². The van der Waals surface area contributed by atoms with Crippen molar-refractivity contribution < 1.29 is 9.18 Å². The van der Waals surface area contributed by atoms with E-state index in [2.05, 4.69) is 10.3 Å². The first-order valence-corrected chi connectivity index (χ1v) is 5.70. The van der Waals surface area contributed by atoms with Gasteiger partial charge in [-0.15, -0.1) is 0 Å². The van der Waals surface area contributed by atoms with Gasteiger partial charge in [-0.1, -0.05) is 19.1 Å². The summed E-state index contributed by atoms with van der Waals surface area (Å²) in [5, 5.41) is 3.44. The van der Waals surface area contributed by atoms with Crippen LogP contribution in [0.2, 0.25) is 0 Å². The summed E-state index contributed by atoms with van der Waals surface area (Å²) in [5.74, 6) is -0.485. The maximum Gasteiger partial charge on any atom is 0.253 e. The second-order valence-electron chi connectivity index (χ2n) is 4.04. The fourth-order valence-corrected chi connectivity index (χ4v) is 1.93. The Morgan fingerprint density at radius 3 is 2.94 bits per heavy atom. The molecule has 0 unspecified atom stereocenters. The van der Waals surface area contributed by atoms with E-state index >= 15 is 0 Å². The zero-order chi connectivity index (χ0) is 12.4. The van der Waals surface area contributed by atoms with Gasteiger partial charge in [0.15, 0.2) is 0 Å². The third kappa shape index (κ3) is 2.02. The molecule has 0 saturated carbocycles. The molecule has 17 heavy (non-hydrogen) atoms. The van der Waals surface area contributed by atoms with Crippen LogP contribution >= 0.6 is 0 Å². The van der Waals surface area contributed by atoms with Crippen LogP contribution in [0.5, 0.6) is 0 Å². The lowest BCUT2D eigenvalue weighted by Crippen LogP contribution is -2.24. The van der Waals surface area contributed by atoms with Gasteiger partial charge in [0.2, 0.25) is 0 Å². The smallest absolute Gasteiger partial charge is 0.253 e. The van der Waals surface area contributed by atoms with E-state index < -0.39 is 0 Å². The number of carbonyl (C=O) groups excluding carboxylic acids is 1. The van der Waals surface area contributed by atoms with Crippen molar-refractivity contribution in [3.63, 3.8) is 0 Å². The lowest BCUT2D eigenvalue weighted by molar-refractivity contribution is 0.0955. The van der Waals surface area contributed by atoms with Gasteiger partial charge in [0.05, 0.1) is 11.1 Å². The summed E-state index contributed by atoms with van der Waals surface area (Å²) in [7, 11) is 0. The number of para-hydroxylation sites is 1. The first kappa shape index (κ1) is 11.6. The van der Waals surface area contributed by atoms with Crippen molar-refractivity contribution in [3.8, 4) is 0 Å². The van der Waals surface area contributed by atoms with Gasteiger partial charge < -0.3 is 10.3 Å². The fourth-order valence-electron chi connectivity index (χ4n) is 1.93. The van der Waals surface area contributed by atoms with Crippen LogP contribution in [0.25, 0.3) is 10.9 Å². The number of aromatic nitrogens is 1. The third-order valence-electron chi connectivity index (χ3n) is 2.73. The molecule has 0 bridgehead atoms. The number of rotatable bonds is 3. The highest BCUT2D eigenvalue weighted by atomic mass is 19.1. The Bertz CT molecular complexity index is 560. The molecule has 3 nitrogen and oxygen atoms in total. The Labute approximate surface area is 99.0 Å². The van der Waals surface area contributed by atoms with E-state index in [-0.39, 0.29) is 11.7 Å². The van der Waals surface area contributed by atoms with E-state index in [0.29, 0.717) is 28.7 Å². The Hall–Kier alpha value is -1.84. The number of nitrogens with one attached hydrogen (secondary N) is 2. The molecule has 0 spiro atoms. The molecule has 0 aliphatic carbocycles. The lowest BCUT2D eigenvalue weighted by atomic mass is 10.1. The molecule has 0 radical (unpaired) electrons. The Kier molecular flexibility index (Phi) is 3.13. The molecule has 1 aromatic heterocycles. The minimum Gasteiger partial charge on any atom is -0.356 e. The Morgan fingerprint density at radius 1 is 1.47 bits per heavy atom. The number of H-pyrrole nitrogens is 1. The quantitative estimate of drug-likeness (QED) is 0.842. The minimum absolute atomic E-state index is 0.152. The van der Waals surface area contributed by atoms with Crippen LogP contribution in [-0.2, 0) is 0 Å². The summed E-state index contributed by atoms with van der Waals surface area (Å²) < 4.78 is 13.5. The predicted molar refractivity (Wildman–Crippen MR) is 65.6 cm³/mol. The highest BCUT2D eigenvalue weighted by Gasteiger charge is 2.16. The monoisotopic (exact) mass is 234 g/mol. The SMILES string of the molecule is CCCNC(=O)c1c(C)[nH]c2c(F)cccc12. The summed E-state index contributed by atoms with van der Waals surface area (Å²) in [6.07, 6.45) is 0.876. The van der Waals surface area contributed by atoms with Crippen molar-refractivity contribution in [1.29, 1.82) is 0 Å². The van der Waals surface area contributed by atoms with Gasteiger partial charge in [0.25, 0.3) is 5.91 Å². The van der Waals surface area contributed by atoms with Crippen LogP contribution < -0.4 is 5.32 Å². The lowest BCUT2D eigenvalue weighted by Gasteiger charge is -2.03. The molecule has 1 amide bonds. The molecule has 0 saturated heterocycles. The number of benzene rings is 1. The van der Waals surface area contributed by atoms with Crippen LogP contribution in [0, 0.1) is 12.7 Å². The summed E-state index contributed by atoms with van der Waals surface area (Å²) in [6, 6.07) is 4.75. The largest absolute Gasteiger partial charge is 0.356 e. The van der Waals surface area contributed by atoms with E-state index in [4.69, 9.17) is 0 Å². The highest BCUT2D eigenvalue weighted by molar-refractivity contribution is 6.08. The Balaban J connectivity index is 2.50. The first-order valence-electron chi connectivity index (χ1n) is 5.70. The number of aryl methyl sites for hydroxylation is 1. The molecule has 1 heterocycles. The fraction of sp³-hybridized carbons (Fsp3) is 0.308. The number of hydrogen-bond acceptors (Lipinski definition) is 1. The average molecular weight is 234 g/mol. The molecule has 2 rings (SSSR count). The van der Waals surface area contributed by atoms with Gasteiger partial charge in [-0.2, -0.15) is 0 Å². The van der Waals surface area contributed by atoms with Crippen molar-refractivity contribution in [2.45, 2.75) is 20.3 Å². The summed E-state index contributed by atoms with van der Waals surface area (Å²) in [4.78, 5) is 14.9. The van der Waals surface area contributed by atoms with E-state index in [1.165, 1.54) is 6.07 Å². The van der Waals surface area contributed by atoms with E-state index in [0.717, 1.165) is 6.42 Å². The van der Waals surface area contributed by atoms with E-state index in [1.807, 2.05) is 6.92 Å². The van der Waals surface area contributed by atoms with E-state index in [9.17, 15) is 9.18 Å². The van der Waals surface area contributed by atoms with Crippen molar-refractivity contribution in [2.24, 2.45) is 0 Å². The molecular formula is C13H15FN2O. The molecule has 2 aromatic rings. The zero-order valence-corrected chi connectivity index (χ0v) is 9.93. The van der Waals surface area contributed by atoms with Crippen LogP contribution in [-0.4, -0.2) is 17.4 Å². The van der Waals surface area contributed by atoms with Gasteiger partial charge in [0, 0.05) is 17.6 Å². The molecule has 2 N–H and O–H groups in total. The first-order chi connectivity index (χ1) is 8.15. The van der Waals surface area contributed by atoms with Gasteiger partial charge in [-0.05, 0) is 19.4 Å². The zero-order valence-electron chi connectivity index (χ0n) is 9.93. The molecule has 0 atom stereocenters. The normalized spacial score (nSPS) is 10.8. The third-order valence-corrected chi connectivity index (χ3v) is 2.73. The summed E-state index contributed by atoms with van der Waals surface area (Å²) >= 11 is 0. The molecule has 1 aromatic carbocycles. The van der Waals surface area contributed by atoms with Gasteiger partial charge >= 0.3 is 0 Å². The maximum absolute atomic E-state index is 13.5. The van der Waals surface area contributed by atoms with E-state index in [1.54, 1.807) is 19.1 Å². The molecule has 0 aliphatic heterocycles. The second kappa shape index (κ2) is 4.57. The van der Waals surface area contributed by atoms with Crippen molar-refractivity contribution in [2.75, 3.05) is 6.54 Å². The number of amides is 1. The summed E-state index contributed by atoms with van der Waals surface area (Å²) in [6.45, 7) is 4.39. The number of halogens is 1. The molecule has 4 heteroatoms. The van der Waals surface area contributed by atoms with Crippen LogP contribution in [0.3, 0.4) is 0 Å². The second-order valence-corrected chi connectivity index (χ2v) is 4.04. The molecular weight excluding hydrogens is 219 g/mol. The predicted octanol–water partition coefficient (Wildman–Crippen LogP) is 2.76. The molecule has 0 fully saturated rings. The van der Waals surface area contributed by atoms with Gasteiger partial charge in [-0.25, -0.2) is 4.39 Å². The van der Waals surface area contributed by atoms with Gasteiger partial charge in [-0.3, -0.25) is 4.79 Å². The number of aromatic amines is 1. The number of hydrogen-bond donors (Lipinski definition) is 2. The topological polar surface area (TPSA) is 44.9 Å². The minimum atomic E-state index is -0.333. The van der Waals surface area contributed by atoms with Gasteiger partial charge in [0.1, 0.15) is 5.82 Å². The van der Waals surface area contributed by atoms with Crippen LogP contribution in [0.4, 0.5) is 4.39 Å². The summed E-state index contributed by atoms with van der Waals surface area (Å²) in [5.41, 5.74) is 1.62. The van der Waals surface area contributed by atoms with Crippen molar-refractivity contribution in [3.05, 3.63) is 35.3 Å². The number of carbonyl (C=O) groups is 1. The van der Waals surface area contributed by atoms with Crippen molar-refractivity contribution >= 4 is 16.8 Å². The Morgan fingerprint density at radius 2 is 2.24 bits per heavy atom. The maximum atomic E-state index is 13.5. The van der Waals surface area contributed by atoms with Crippen molar-refractivity contribution in [1.82, 2.24) is 10.3 Å². The standard InChI is InChI=1S/C13H15FN2O/c1-3-7-15-13(17)11-8(2)16-12-9(11)5-4-6-10(12)14/h4-6,16H,3,7H2,1-2H3,(H,15,17). The molecule has 0 aliphatic rings. The highest BCUT2D eigenvalue weighted by Crippen LogP contribution is 2.23. The molecule has 90 valence electrons. The van der Waals surface area contributed by atoms with Crippen LogP contribution in [0.15, 0.2) is 18.2 Å². The number of fused-ring (bicyclic) bond motifs is 1.